The average molecular weight is 412 g/mol. The van der Waals surface area contributed by atoms with Gasteiger partial charge in [-0.3, -0.25) is 4.79 Å². The number of benzene rings is 1. The number of Topliss-reactive ketones (excluding diaryl/α,β-unsaturated/α-hetero) is 1. The number of aliphatic hydroxyl groups excluding tert-OH is 1. The van der Waals surface area contributed by atoms with Crippen LogP contribution in [-0.2, 0) is 13.1 Å². The molecule has 1 N–H and O–H groups in total. The Kier molecular flexibility index (Phi) is 4.74. The predicted molar refractivity (Wildman–Crippen MR) is 102 cm³/mol. The van der Waals surface area contributed by atoms with E-state index in [1.165, 1.54) is 5.56 Å². The second kappa shape index (κ2) is 7.17. The summed E-state index contributed by atoms with van der Waals surface area (Å²) in [6.45, 7) is 1.51. The monoisotopic (exact) mass is 411 g/mol. The quantitative estimate of drug-likeness (QED) is 0.667. The molecular weight excluding hydrogens is 392 g/mol. The van der Waals surface area contributed by atoms with Crippen LogP contribution in [-0.4, -0.2) is 15.5 Å². The minimum atomic E-state index is -0.774. The smallest absolute Gasteiger partial charge is 0.185 e. The summed E-state index contributed by atoms with van der Waals surface area (Å²) in [4.78, 5) is 12.6. The maximum atomic E-state index is 12.6. The Morgan fingerprint density at radius 2 is 1.92 bits per heavy atom. The van der Waals surface area contributed by atoms with Crippen LogP contribution < -0.4 is 4.57 Å². The first-order chi connectivity index (χ1) is 12.6. The molecule has 4 rings (SSSR count). The van der Waals surface area contributed by atoms with Crippen LogP contribution in [0.4, 0.5) is 0 Å². The molecule has 4 nitrogen and oxygen atoms in total. The van der Waals surface area contributed by atoms with Gasteiger partial charge in [-0.15, -0.1) is 0 Å². The van der Waals surface area contributed by atoms with Crippen molar-refractivity contribution in [2.45, 2.75) is 25.6 Å². The number of rotatable bonds is 4. The summed E-state index contributed by atoms with van der Waals surface area (Å²) in [5.74, 6) is -0.352. The topological polar surface area (TPSA) is 46.1 Å². The van der Waals surface area contributed by atoms with E-state index in [1.54, 1.807) is 0 Å². The molecule has 132 valence electrons. The lowest BCUT2D eigenvalue weighted by atomic mass is 9.86. The molecule has 0 aliphatic carbocycles. The highest BCUT2D eigenvalue weighted by molar-refractivity contribution is 9.10. The van der Waals surface area contributed by atoms with E-state index >= 15 is 0 Å². The fourth-order valence-electron chi connectivity index (χ4n) is 3.56. The Hall–Kier alpha value is -2.24. The Balaban J connectivity index is 1.50. The van der Waals surface area contributed by atoms with E-state index in [1.807, 2.05) is 65.6 Å². The van der Waals surface area contributed by atoms with E-state index in [0.717, 1.165) is 23.1 Å². The molecule has 1 aromatic carbocycles. The van der Waals surface area contributed by atoms with Crippen molar-refractivity contribution >= 4 is 21.7 Å². The van der Waals surface area contributed by atoms with E-state index in [2.05, 4.69) is 26.6 Å². The van der Waals surface area contributed by atoms with E-state index in [9.17, 15) is 9.90 Å². The van der Waals surface area contributed by atoms with Gasteiger partial charge in [0.15, 0.2) is 24.7 Å². The van der Waals surface area contributed by atoms with Crippen LogP contribution in [0.2, 0.25) is 0 Å². The third-order valence-electron chi connectivity index (χ3n) is 5.05. The highest BCUT2D eigenvalue weighted by atomic mass is 79.9. The van der Waals surface area contributed by atoms with Gasteiger partial charge < -0.3 is 9.67 Å². The third-order valence-corrected chi connectivity index (χ3v) is 5.82. The summed E-state index contributed by atoms with van der Waals surface area (Å²) in [6.07, 6.45) is 5.71. The van der Waals surface area contributed by atoms with Gasteiger partial charge in [-0.05, 0) is 30.2 Å². The molecule has 0 bridgehead atoms. The van der Waals surface area contributed by atoms with Crippen LogP contribution in [0.1, 0.15) is 34.1 Å². The number of halogens is 1. The number of fused-ring (bicyclic) bond motifs is 1. The predicted octanol–water partition coefficient (Wildman–Crippen LogP) is 3.52. The summed E-state index contributed by atoms with van der Waals surface area (Å²) < 4.78 is 5.10. The highest BCUT2D eigenvalue weighted by Gasteiger charge is 2.33. The molecule has 5 heteroatoms. The summed E-state index contributed by atoms with van der Waals surface area (Å²) >= 11 is 3.57. The van der Waals surface area contributed by atoms with E-state index in [0.29, 0.717) is 12.1 Å². The number of aliphatic hydroxyl groups is 1. The summed E-state index contributed by atoms with van der Waals surface area (Å²) in [6, 6.07) is 15.6. The largest absolute Gasteiger partial charge is 0.388 e. The van der Waals surface area contributed by atoms with Gasteiger partial charge in [0.05, 0.1) is 17.7 Å². The number of hydrogen-bond donors (Lipinski definition) is 1. The molecule has 0 spiro atoms. The number of aromatic nitrogens is 2. The highest BCUT2D eigenvalue weighted by Crippen LogP contribution is 2.31. The minimum absolute atomic E-state index is 0.0266. The number of nitrogens with zero attached hydrogens (tertiary/aromatic N) is 2. The molecule has 3 heterocycles. The number of hydrogen-bond acceptors (Lipinski definition) is 2. The molecule has 0 saturated carbocycles. The van der Waals surface area contributed by atoms with Crippen molar-refractivity contribution in [1.29, 1.82) is 0 Å². The van der Waals surface area contributed by atoms with Crippen LogP contribution in [0.3, 0.4) is 0 Å². The molecular formula is C21H20BrN2O2+. The first-order valence-electron chi connectivity index (χ1n) is 8.73. The van der Waals surface area contributed by atoms with Crippen LogP contribution in [0.15, 0.2) is 71.6 Å². The van der Waals surface area contributed by atoms with Gasteiger partial charge in [0.2, 0.25) is 0 Å². The Morgan fingerprint density at radius 3 is 2.69 bits per heavy atom. The lowest BCUT2D eigenvalue weighted by molar-refractivity contribution is -0.688. The molecule has 0 saturated heterocycles. The molecule has 0 fully saturated rings. The maximum absolute atomic E-state index is 12.6. The van der Waals surface area contributed by atoms with Gasteiger partial charge in [-0.1, -0.05) is 34.1 Å². The van der Waals surface area contributed by atoms with Crippen molar-refractivity contribution in [3.8, 4) is 0 Å². The summed E-state index contributed by atoms with van der Waals surface area (Å²) in [7, 11) is 0. The summed E-state index contributed by atoms with van der Waals surface area (Å²) in [5.41, 5.74) is 2.67. The van der Waals surface area contributed by atoms with Crippen molar-refractivity contribution in [1.82, 2.24) is 4.57 Å². The number of ketones is 1. The van der Waals surface area contributed by atoms with Gasteiger partial charge in [0.25, 0.3) is 0 Å². The number of carbonyl (C=O) groups is 1. The third kappa shape index (κ3) is 3.24. The average Bonchev–Trinajstić information content (AvgIpc) is 3.14. The SMILES string of the molecule is O=C1c2cccn2CC[C@@H]1[C@H](O)c1cc[n+](Cc2ccccc2Br)cc1. The van der Waals surface area contributed by atoms with Crippen LogP contribution >= 0.6 is 15.9 Å². The second-order valence-electron chi connectivity index (χ2n) is 6.69. The van der Waals surface area contributed by atoms with Crippen molar-refractivity contribution in [3.05, 3.63) is 88.4 Å². The molecule has 0 amide bonds. The molecule has 1 aliphatic heterocycles. The minimum Gasteiger partial charge on any atom is -0.388 e. The first-order valence-corrected chi connectivity index (χ1v) is 9.52. The molecule has 0 unspecified atom stereocenters. The van der Waals surface area contributed by atoms with Gasteiger partial charge in [0, 0.05) is 34.9 Å². The van der Waals surface area contributed by atoms with Crippen LogP contribution in [0.5, 0.6) is 0 Å². The fraction of sp³-hybridized carbons (Fsp3) is 0.238. The van der Waals surface area contributed by atoms with Crippen molar-refractivity contribution in [2.24, 2.45) is 5.92 Å². The fourth-order valence-corrected chi connectivity index (χ4v) is 3.97. The normalized spacial score (nSPS) is 17.8. The van der Waals surface area contributed by atoms with E-state index < -0.39 is 6.10 Å². The lowest BCUT2D eigenvalue weighted by Gasteiger charge is -2.27. The number of carbonyl (C=O) groups excluding carboxylic acids is 1. The van der Waals surface area contributed by atoms with Crippen LogP contribution in [0.25, 0.3) is 0 Å². The molecule has 26 heavy (non-hydrogen) atoms. The Labute approximate surface area is 160 Å². The van der Waals surface area contributed by atoms with E-state index in [-0.39, 0.29) is 11.7 Å². The van der Waals surface area contributed by atoms with Crippen molar-refractivity contribution in [2.75, 3.05) is 0 Å². The molecule has 0 radical (unpaired) electrons. The van der Waals surface area contributed by atoms with Gasteiger partial charge >= 0.3 is 0 Å². The molecule has 2 aromatic heterocycles. The molecule has 2 atom stereocenters. The second-order valence-corrected chi connectivity index (χ2v) is 7.54. The number of pyridine rings is 1. The number of aryl methyl sites for hydroxylation is 1. The van der Waals surface area contributed by atoms with Crippen LogP contribution in [0, 0.1) is 5.92 Å². The van der Waals surface area contributed by atoms with Gasteiger partial charge in [0.1, 0.15) is 0 Å². The lowest BCUT2D eigenvalue weighted by Crippen LogP contribution is -2.34. The standard InChI is InChI=1S/C21H20BrN2O2/c22-18-5-2-1-4-16(18)14-23-11-7-15(8-12-23)20(25)17-9-13-24-10-3-6-19(24)21(17)26/h1-8,10-12,17,20,25H,9,13-14H2/q+1/t17-,20-/m1/s1. The van der Waals surface area contributed by atoms with Crippen molar-refractivity contribution in [3.63, 3.8) is 0 Å². The van der Waals surface area contributed by atoms with Gasteiger partial charge in [-0.2, -0.15) is 0 Å². The molecule has 3 aromatic rings. The Morgan fingerprint density at radius 1 is 1.15 bits per heavy atom. The first kappa shape index (κ1) is 17.2. The maximum Gasteiger partial charge on any atom is 0.185 e. The van der Waals surface area contributed by atoms with Crippen molar-refractivity contribution < 1.29 is 14.5 Å². The van der Waals surface area contributed by atoms with E-state index in [4.69, 9.17) is 0 Å². The summed E-state index contributed by atoms with van der Waals surface area (Å²) in [5, 5.41) is 10.8. The Bertz CT molecular complexity index is 933. The van der Waals surface area contributed by atoms with Gasteiger partial charge in [-0.25, -0.2) is 4.57 Å². The zero-order valence-corrected chi connectivity index (χ0v) is 15.8. The zero-order chi connectivity index (χ0) is 18.1. The zero-order valence-electron chi connectivity index (χ0n) is 14.3. The molecule has 1 aliphatic rings.